The molecule has 0 radical (unpaired) electrons. The van der Waals surface area contributed by atoms with Crippen molar-refractivity contribution < 1.29 is 19.2 Å². The maximum absolute atomic E-state index is 9.13. The Morgan fingerprint density at radius 3 is 0.791 bits per heavy atom. The van der Waals surface area contributed by atoms with Crippen molar-refractivity contribution in [3.63, 3.8) is 0 Å². The molecule has 2 aromatic carbocycles. The number of aryl methyl sites for hydroxylation is 4. The minimum absolute atomic E-state index is 1.04. The van der Waals surface area contributed by atoms with Gasteiger partial charge in [0.25, 0.3) is 5.87 Å². The van der Waals surface area contributed by atoms with Crippen molar-refractivity contribution in [2.24, 2.45) is 0 Å². The van der Waals surface area contributed by atoms with Crippen LogP contribution in [-0.4, -0.2) is 10.7 Å². The average Bonchev–Trinajstić information content (AvgIpc) is 0.855. The summed E-state index contributed by atoms with van der Waals surface area (Å²) in [6.45, 7) is 18.3. The minimum atomic E-state index is 1.04. The van der Waals surface area contributed by atoms with Crippen LogP contribution < -0.4 is 0 Å². The average molecular weight is 1300 g/mol. The van der Waals surface area contributed by atoms with Crippen LogP contribution in [0.1, 0.15) is 459 Å². The Hall–Kier alpha value is -2.17. The molecule has 2 rings (SSSR count). The third kappa shape index (κ3) is 50.8. The first-order chi connectivity index (χ1) is 45.0. The molecule has 0 heterocycles. The summed E-state index contributed by atoms with van der Waals surface area (Å²) in [6, 6.07) is 9.84. The number of rotatable bonds is 67. The van der Waals surface area contributed by atoms with Crippen molar-refractivity contribution in [2.75, 3.05) is 0 Å². The van der Waals surface area contributed by atoms with Gasteiger partial charge >= 0.3 is 166 Å². The summed E-state index contributed by atoms with van der Waals surface area (Å²) in [5.74, 6) is 2.65. The molecule has 0 aliphatic heterocycles. The summed E-state index contributed by atoms with van der Waals surface area (Å²) in [5.41, 5.74) is 22.1. The van der Waals surface area contributed by atoms with Crippen LogP contribution in [0.5, 0.6) is 0 Å². The Balaban J connectivity index is 0.000000919. The van der Waals surface area contributed by atoms with Crippen LogP contribution in [0, 0.1) is 0 Å². The molecule has 0 atom stereocenters. The summed E-state index contributed by atoms with van der Waals surface area (Å²) in [4.78, 5) is 3.15. The van der Waals surface area contributed by atoms with E-state index in [0.29, 0.717) is 0 Å². The Morgan fingerprint density at radius 2 is 0.538 bits per heavy atom. The van der Waals surface area contributed by atoms with Gasteiger partial charge in [-0.05, 0) is 114 Å². The molecule has 0 aliphatic rings. The maximum atomic E-state index is 9.13. The second-order valence-electron chi connectivity index (χ2n) is 28.3. The predicted molar refractivity (Wildman–Crippen MR) is 409 cm³/mol. The summed E-state index contributed by atoms with van der Waals surface area (Å²) in [5, 5.41) is 2.87. The standard InChI is InChI=1S/C40H60N2.2C24H49.Ni/c1-7-13-16-19-23-34-30-37(31-35(24-20-17-14-8-2)39(34)25-21-18-15-9-3)40(26-22-27-42-41)36-28-32(10-4)38(12-6)33(11-5)29-36;2*1-3-5-7-9-11-13-15-17-19-21-23-24-22-20-18-16-14-12-10-8-6-4-2;/h22,26,28-31H,7-21,23-25H2,1-6H3;2*1,3-24H2,2H3;. The molecule has 0 unspecified atom stereocenters. The first kappa shape index (κ1) is 86.8. The summed E-state index contributed by atoms with van der Waals surface area (Å²) >= 11 is 2.05. The third-order valence-corrected chi connectivity index (χ3v) is 21.4. The van der Waals surface area contributed by atoms with Crippen molar-refractivity contribution >= 4 is 11.4 Å². The molecular formula is C88H158N2Ni. The molecule has 0 aromatic heterocycles. The molecule has 91 heavy (non-hydrogen) atoms. The van der Waals surface area contributed by atoms with Gasteiger partial charge in [-0.3, -0.25) is 0 Å². The summed E-state index contributed by atoms with van der Waals surface area (Å²) in [7, 11) is 0. The third-order valence-electron chi connectivity index (χ3n) is 20.0. The number of hydrogen-bond donors (Lipinski definition) is 0. The predicted octanol–water partition coefficient (Wildman–Crippen LogP) is 30.7. The van der Waals surface area contributed by atoms with Gasteiger partial charge in [-0.25, -0.2) is 0 Å². The van der Waals surface area contributed by atoms with Crippen LogP contribution in [-0.2, 0) is 53.0 Å². The molecule has 0 fully saturated rings. The quantitative estimate of drug-likeness (QED) is 0.0158. The van der Waals surface area contributed by atoms with E-state index in [1.54, 1.807) is 22.8 Å². The van der Waals surface area contributed by atoms with Crippen LogP contribution in [0.15, 0.2) is 36.4 Å². The number of hydrogen-bond acceptors (Lipinski definition) is 0. The van der Waals surface area contributed by atoms with E-state index in [2.05, 4.69) is 111 Å². The number of unbranched alkanes of at least 4 members (excludes halogenated alkanes) is 51. The molecule has 0 bridgehead atoms. The van der Waals surface area contributed by atoms with E-state index in [4.69, 9.17) is 5.53 Å². The van der Waals surface area contributed by atoms with Gasteiger partial charge < -0.3 is 5.53 Å². The van der Waals surface area contributed by atoms with Crippen LogP contribution in [0.2, 0.25) is 10.8 Å². The van der Waals surface area contributed by atoms with E-state index in [0.717, 1.165) is 32.1 Å². The molecule has 0 aliphatic carbocycles. The molecule has 0 amide bonds. The Bertz CT molecular complexity index is 1880. The van der Waals surface area contributed by atoms with Gasteiger partial charge in [-0.15, -0.1) is 4.79 Å². The van der Waals surface area contributed by atoms with Crippen LogP contribution in [0.3, 0.4) is 0 Å². The second kappa shape index (κ2) is 69.2. The van der Waals surface area contributed by atoms with E-state index in [9.17, 15) is 0 Å². The smallest absolute Gasteiger partial charge is 0.348 e. The molecular weight excluding hydrogens is 1140 g/mol. The number of benzene rings is 2. The van der Waals surface area contributed by atoms with Gasteiger partial charge in [0.1, 0.15) is 0 Å². The molecule has 0 saturated carbocycles. The van der Waals surface area contributed by atoms with Crippen molar-refractivity contribution in [1.29, 1.82) is 0 Å². The fourth-order valence-electron chi connectivity index (χ4n) is 14.1. The topological polar surface area (TPSA) is 36.4 Å². The first-order valence-corrected chi connectivity index (χ1v) is 42.8. The molecule has 0 saturated heterocycles. The van der Waals surface area contributed by atoms with Gasteiger partial charge in [0.15, 0.2) is 0 Å². The number of allylic oxidation sites excluding steroid dienone is 2. The first-order valence-electron chi connectivity index (χ1n) is 41.4. The molecule has 3 heteroatoms. The molecule has 0 N–H and O–H groups in total. The van der Waals surface area contributed by atoms with E-state index in [1.807, 2.05) is 0 Å². The van der Waals surface area contributed by atoms with Crippen LogP contribution in [0.4, 0.5) is 0 Å². The zero-order chi connectivity index (χ0) is 65.8. The fraction of sp³-hybridized carbons (Fsp3) is 0.818. The summed E-state index contributed by atoms with van der Waals surface area (Å²) in [6.07, 6.45) is 91.3. The normalized spacial score (nSPS) is 11.6. The fourth-order valence-corrected chi connectivity index (χ4v) is 15.3. The van der Waals surface area contributed by atoms with E-state index in [-0.39, 0.29) is 0 Å². The van der Waals surface area contributed by atoms with Crippen molar-refractivity contribution in [2.45, 2.75) is 464 Å². The monoisotopic (exact) mass is 1300 g/mol. The Morgan fingerprint density at radius 1 is 0.297 bits per heavy atom. The van der Waals surface area contributed by atoms with Gasteiger partial charge in [0, 0.05) is 0 Å². The summed E-state index contributed by atoms with van der Waals surface area (Å²) < 4.78 is 0. The zero-order valence-electron chi connectivity index (χ0n) is 62.9. The van der Waals surface area contributed by atoms with E-state index < -0.39 is 0 Å². The van der Waals surface area contributed by atoms with Crippen molar-refractivity contribution in [3.05, 3.63) is 86.5 Å². The zero-order valence-corrected chi connectivity index (χ0v) is 63.9. The molecule has 530 valence electrons. The second-order valence-corrected chi connectivity index (χ2v) is 29.8. The van der Waals surface area contributed by atoms with Crippen LogP contribution in [0.25, 0.3) is 11.1 Å². The van der Waals surface area contributed by atoms with Gasteiger partial charge in [-0.1, -0.05) is 279 Å². The van der Waals surface area contributed by atoms with Gasteiger partial charge in [0.05, 0.1) is 6.08 Å². The van der Waals surface area contributed by atoms with Crippen molar-refractivity contribution in [3.8, 4) is 0 Å². The Kier molecular flexibility index (Phi) is 66.0. The molecule has 2 nitrogen and oxygen atoms in total. The number of nitrogens with zero attached hydrogens (tertiary/aromatic N) is 2. The molecule has 2 aromatic rings. The minimum Gasteiger partial charge on any atom is -0.348 e. The van der Waals surface area contributed by atoms with Crippen LogP contribution >= 0.6 is 0 Å². The Labute approximate surface area is 577 Å². The molecule has 0 spiro atoms. The van der Waals surface area contributed by atoms with Gasteiger partial charge in [-0.2, -0.15) is 0 Å². The SMILES string of the molecule is CCCCCCCCCCCCCCCCCCCCCCC[CH2][Ni][CH2]CCCCCCCCCCCCCCCCCCCCCCC.CCCCCCc1cc(C(=CC=C=[N+]=[N-])c2cc(CC)c(CC)c(CC)c2)cc(CCCCCC)c1CCCCCC. The van der Waals surface area contributed by atoms with Gasteiger partial charge in [0.2, 0.25) is 0 Å². The van der Waals surface area contributed by atoms with E-state index >= 15 is 0 Å². The van der Waals surface area contributed by atoms with Crippen molar-refractivity contribution in [1.82, 2.24) is 0 Å². The van der Waals surface area contributed by atoms with E-state index in [1.165, 1.54) is 410 Å².